The molecule has 2 amide bonds. The standard InChI is InChI=1S/C20H27N5O2/c1-4-25-15(3)18(14(2)23-25)7-9-22-20(27)17-10-19(26)24(13-17)12-16-6-5-8-21-11-16/h5-6,8,11,17H,4,7,9-10,12-13H2,1-3H3,(H,22,27)/t17-/m1/s1. The highest BCUT2D eigenvalue weighted by atomic mass is 16.2. The Balaban J connectivity index is 1.50. The van der Waals surface area contributed by atoms with Crippen LogP contribution in [-0.4, -0.2) is 44.6 Å². The van der Waals surface area contributed by atoms with Crippen LogP contribution in [0.2, 0.25) is 0 Å². The molecule has 7 heteroatoms. The number of carbonyl (C=O) groups is 2. The summed E-state index contributed by atoms with van der Waals surface area (Å²) < 4.78 is 1.98. The summed E-state index contributed by atoms with van der Waals surface area (Å²) in [7, 11) is 0. The van der Waals surface area contributed by atoms with E-state index in [0.717, 1.165) is 29.9 Å². The largest absolute Gasteiger partial charge is 0.355 e. The number of hydrogen-bond acceptors (Lipinski definition) is 4. The highest BCUT2D eigenvalue weighted by molar-refractivity contribution is 5.89. The molecule has 0 radical (unpaired) electrons. The number of hydrogen-bond donors (Lipinski definition) is 1. The van der Waals surface area contributed by atoms with Gasteiger partial charge >= 0.3 is 0 Å². The molecule has 1 aliphatic rings. The molecule has 144 valence electrons. The minimum Gasteiger partial charge on any atom is -0.355 e. The number of rotatable bonds is 7. The second-order valence-corrected chi connectivity index (χ2v) is 7.04. The zero-order valence-corrected chi connectivity index (χ0v) is 16.2. The van der Waals surface area contributed by atoms with Crippen LogP contribution in [0.5, 0.6) is 0 Å². The SMILES string of the molecule is CCn1nc(C)c(CCNC(=O)[C@@H]2CC(=O)N(Cc3cccnc3)C2)c1C. The Hall–Kier alpha value is -2.70. The van der Waals surface area contributed by atoms with Crippen LogP contribution >= 0.6 is 0 Å². The van der Waals surface area contributed by atoms with Crippen molar-refractivity contribution in [2.45, 2.75) is 46.7 Å². The zero-order chi connectivity index (χ0) is 19.4. The fourth-order valence-electron chi connectivity index (χ4n) is 3.67. The zero-order valence-electron chi connectivity index (χ0n) is 16.2. The van der Waals surface area contributed by atoms with E-state index in [1.165, 1.54) is 5.56 Å². The number of carbonyl (C=O) groups excluding carboxylic acids is 2. The molecule has 1 aliphatic heterocycles. The second-order valence-electron chi connectivity index (χ2n) is 7.04. The summed E-state index contributed by atoms with van der Waals surface area (Å²) in [6.45, 7) is 8.50. The fourth-order valence-corrected chi connectivity index (χ4v) is 3.67. The average Bonchev–Trinajstić information content (AvgIpc) is 3.16. The van der Waals surface area contributed by atoms with Gasteiger partial charge in [0, 0.05) is 50.7 Å². The van der Waals surface area contributed by atoms with Crippen LogP contribution in [-0.2, 0) is 29.1 Å². The Morgan fingerprint density at radius 1 is 1.37 bits per heavy atom. The van der Waals surface area contributed by atoms with Crippen molar-refractivity contribution in [2.24, 2.45) is 5.92 Å². The molecule has 3 heterocycles. The molecule has 0 unspecified atom stereocenters. The maximum absolute atomic E-state index is 12.5. The van der Waals surface area contributed by atoms with E-state index in [4.69, 9.17) is 0 Å². The van der Waals surface area contributed by atoms with Crippen LogP contribution in [0.25, 0.3) is 0 Å². The molecule has 0 aromatic carbocycles. The molecule has 1 N–H and O–H groups in total. The first-order valence-corrected chi connectivity index (χ1v) is 9.46. The normalized spacial score (nSPS) is 16.8. The summed E-state index contributed by atoms with van der Waals surface area (Å²) in [5.41, 5.74) is 4.34. The smallest absolute Gasteiger partial charge is 0.225 e. The van der Waals surface area contributed by atoms with Gasteiger partial charge in [-0.2, -0.15) is 5.10 Å². The molecule has 2 aromatic rings. The summed E-state index contributed by atoms with van der Waals surface area (Å²) in [5.74, 6) is -0.306. The molecule has 27 heavy (non-hydrogen) atoms. The van der Waals surface area contributed by atoms with Crippen molar-refractivity contribution in [2.75, 3.05) is 13.1 Å². The van der Waals surface area contributed by atoms with Crippen molar-refractivity contribution in [3.8, 4) is 0 Å². The summed E-state index contributed by atoms with van der Waals surface area (Å²) in [6.07, 6.45) is 4.49. The molecule has 1 fully saturated rings. The van der Waals surface area contributed by atoms with Crippen molar-refractivity contribution in [1.29, 1.82) is 0 Å². The number of nitrogens with zero attached hydrogens (tertiary/aromatic N) is 4. The fraction of sp³-hybridized carbons (Fsp3) is 0.500. The van der Waals surface area contributed by atoms with E-state index >= 15 is 0 Å². The molecule has 0 spiro atoms. The van der Waals surface area contributed by atoms with Crippen LogP contribution < -0.4 is 5.32 Å². The predicted octanol–water partition coefficient (Wildman–Crippen LogP) is 1.62. The number of pyridine rings is 1. The van der Waals surface area contributed by atoms with Gasteiger partial charge in [0.25, 0.3) is 0 Å². The van der Waals surface area contributed by atoms with Crippen molar-refractivity contribution in [1.82, 2.24) is 25.0 Å². The van der Waals surface area contributed by atoms with Gasteiger partial charge in [-0.25, -0.2) is 0 Å². The lowest BCUT2D eigenvalue weighted by molar-refractivity contribution is -0.129. The van der Waals surface area contributed by atoms with Crippen molar-refractivity contribution >= 4 is 11.8 Å². The van der Waals surface area contributed by atoms with E-state index < -0.39 is 0 Å². The number of aryl methyl sites for hydroxylation is 2. The predicted molar refractivity (Wildman–Crippen MR) is 102 cm³/mol. The first-order chi connectivity index (χ1) is 13.0. The lowest BCUT2D eigenvalue weighted by atomic mass is 10.1. The summed E-state index contributed by atoms with van der Waals surface area (Å²) in [5, 5.41) is 7.50. The number of likely N-dealkylation sites (tertiary alicyclic amines) is 1. The van der Waals surface area contributed by atoms with E-state index in [1.54, 1.807) is 17.3 Å². The molecule has 3 rings (SSSR count). The highest BCUT2D eigenvalue weighted by Crippen LogP contribution is 2.20. The van der Waals surface area contributed by atoms with Gasteiger partial charge < -0.3 is 10.2 Å². The third kappa shape index (κ3) is 4.35. The van der Waals surface area contributed by atoms with E-state index in [0.29, 0.717) is 19.6 Å². The third-order valence-electron chi connectivity index (χ3n) is 5.19. The van der Waals surface area contributed by atoms with Crippen LogP contribution in [0, 0.1) is 19.8 Å². The van der Waals surface area contributed by atoms with E-state index in [2.05, 4.69) is 29.2 Å². The van der Waals surface area contributed by atoms with Crippen LogP contribution in [0.3, 0.4) is 0 Å². The van der Waals surface area contributed by atoms with Gasteiger partial charge in [-0.3, -0.25) is 19.3 Å². The first kappa shape index (κ1) is 19.1. The molecular formula is C20H27N5O2. The van der Waals surface area contributed by atoms with Gasteiger partial charge in [-0.15, -0.1) is 0 Å². The highest BCUT2D eigenvalue weighted by Gasteiger charge is 2.34. The second kappa shape index (κ2) is 8.33. The number of amides is 2. The Kier molecular flexibility index (Phi) is 5.88. The minimum absolute atomic E-state index is 0.0231. The molecule has 1 atom stereocenters. The first-order valence-electron chi connectivity index (χ1n) is 9.46. The van der Waals surface area contributed by atoms with Crippen molar-refractivity contribution in [3.05, 3.63) is 47.0 Å². The van der Waals surface area contributed by atoms with Gasteiger partial charge in [0.15, 0.2) is 0 Å². The quantitative estimate of drug-likeness (QED) is 0.804. The lowest BCUT2D eigenvalue weighted by Crippen LogP contribution is -2.34. The average molecular weight is 369 g/mol. The molecule has 0 aliphatic carbocycles. The topological polar surface area (TPSA) is 80.1 Å². The van der Waals surface area contributed by atoms with Crippen molar-refractivity contribution in [3.63, 3.8) is 0 Å². The van der Waals surface area contributed by atoms with Gasteiger partial charge in [-0.1, -0.05) is 6.07 Å². The number of nitrogens with one attached hydrogen (secondary N) is 1. The molecule has 2 aromatic heterocycles. The summed E-state index contributed by atoms with van der Waals surface area (Å²) in [6, 6.07) is 3.79. The van der Waals surface area contributed by atoms with Gasteiger partial charge in [0.05, 0.1) is 11.6 Å². The maximum Gasteiger partial charge on any atom is 0.225 e. The molecule has 1 saturated heterocycles. The molecule has 0 saturated carbocycles. The third-order valence-corrected chi connectivity index (χ3v) is 5.19. The number of aromatic nitrogens is 3. The van der Waals surface area contributed by atoms with Gasteiger partial charge in [0.1, 0.15) is 0 Å². The van der Waals surface area contributed by atoms with Gasteiger partial charge in [0.2, 0.25) is 11.8 Å². The van der Waals surface area contributed by atoms with E-state index in [-0.39, 0.29) is 24.2 Å². The lowest BCUT2D eigenvalue weighted by Gasteiger charge is -2.16. The Labute approximate surface area is 159 Å². The monoisotopic (exact) mass is 369 g/mol. The Morgan fingerprint density at radius 3 is 2.85 bits per heavy atom. The van der Waals surface area contributed by atoms with E-state index in [9.17, 15) is 9.59 Å². The summed E-state index contributed by atoms with van der Waals surface area (Å²) in [4.78, 5) is 30.5. The molecular weight excluding hydrogens is 342 g/mol. The summed E-state index contributed by atoms with van der Waals surface area (Å²) >= 11 is 0. The van der Waals surface area contributed by atoms with Crippen molar-refractivity contribution < 1.29 is 9.59 Å². The van der Waals surface area contributed by atoms with E-state index in [1.807, 2.05) is 23.7 Å². The van der Waals surface area contributed by atoms with Gasteiger partial charge in [-0.05, 0) is 44.4 Å². The minimum atomic E-state index is -0.283. The van der Waals surface area contributed by atoms with Crippen LogP contribution in [0.15, 0.2) is 24.5 Å². The van der Waals surface area contributed by atoms with Crippen LogP contribution in [0.1, 0.15) is 35.9 Å². The maximum atomic E-state index is 12.5. The van der Waals surface area contributed by atoms with Crippen LogP contribution in [0.4, 0.5) is 0 Å². The Morgan fingerprint density at radius 2 is 2.19 bits per heavy atom. The molecule has 0 bridgehead atoms. The molecule has 7 nitrogen and oxygen atoms in total. The Bertz CT molecular complexity index is 815.